The zero-order chi connectivity index (χ0) is 16.7. The van der Waals surface area contributed by atoms with Crippen LogP contribution in [-0.4, -0.2) is 55.6 Å². The van der Waals surface area contributed by atoms with Gasteiger partial charge in [-0.15, -0.1) is 13.2 Å². The SMILES string of the molecule is C=CCN(CC=C)C(=O)CN(C)Cc1ccc2c(c1)OCCO2. The quantitative estimate of drug-likeness (QED) is 0.689. The second-order valence-corrected chi connectivity index (χ2v) is 5.53. The van der Waals surface area contributed by atoms with Gasteiger partial charge in [0.1, 0.15) is 13.2 Å². The topological polar surface area (TPSA) is 42.0 Å². The van der Waals surface area contributed by atoms with Gasteiger partial charge < -0.3 is 14.4 Å². The van der Waals surface area contributed by atoms with E-state index in [0.29, 0.717) is 39.4 Å². The van der Waals surface area contributed by atoms with Crippen LogP contribution in [0.4, 0.5) is 0 Å². The third-order valence-electron chi connectivity index (χ3n) is 3.52. The van der Waals surface area contributed by atoms with Gasteiger partial charge in [-0.05, 0) is 24.7 Å². The fraction of sp³-hybridized carbons (Fsp3) is 0.389. The van der Waals surface area contributed by atoms with Crippen molar-refractivity contribution in [2.24, 2.45) is 0 Å². The molecule has 1 aliphatic rings. The molecule has 23 heavy (non-hydrogen) atoms. The molecule has 1 aromatic carbocycles. The smallest absolute Gasteiger partial charge is 0.237 e. The molecule has 0 spiro atoms. The third-order valence-corrected chi connectivity index (χ3v) is 3.52. The summed E-state index contributed by atoms with van der Waals surface area (Å²) >= 11 is 0. The van der Waals surface area contributed by atoms with Crippen molar-refractivity contribution in [1.29, 1.82) is 0 Å². The van der Waals surface area contributed by atoms with E-state index in [0.717, 1.165) is 17.1 Å². The lowest BCUT2D eigenvalue weighted by molar-refractivity contribution is -0.131. The molecule has 0 bridgehead atoms. The number of carbonyl (C=O) groups excluding carboxylic acids is 1. The zero-order valence-corrected chi connectivity index (χ0v) is 13.7. The molecular formula is C18H24N2O3. The first-order valence-electron chi connectivity index (χ1n) is 7.70. The van der Waals surface area contributed by atoms with Gasteiger partial charge in [0.05, 0.1) is 6.54 Å². The number of rotatable bonds is 8. The van der Waals surface area contributed by atoms with Gasteiger partial charge in [-0.1, -0.05) is 18.2 Å². The minimum atomic E-state index is 0.0600. The van der Waals surface area contributed by atoms with E-state index >= 15 is 0 Å². The second kappa shape index (κ2) is 8.39. The van der Waals surface area contributed by atoms with E-state index in [2.05, 4.69) is 13.2 Å². The van der Waals surface area contributed by atoms with Crippen LogP contribution in [-0.2, 0) is 11.3 Å². The predicted octanol–water partition coefficient (Wildman–Crippen LogP) is 2.09. The highest BCUT2D eigenvalue weighted by Crippen LogP contribution is 2.30. The molecule has 124 valence electrons. The summed E-state index contributed by atoms with van der Waals surface area (Å²) in [6.45, 7) is 10.6. The van der Waals surface area contributed by atoms with E-state index in [4.69, 9.17) is 9.47 Å². The first-order valence-corrected chi connectivity index (χ1v) is 7.70. The van der Waals surface area contributed by atoms with Crippen molar-refractivity contribution in [3.05, 3.63) is 49.1 Å². The Morgan fingerprint density at radius 2 is 1.83 bits per heavy atom. The van der Waals surface area contributed by atoms with Gasteiger partial charge in [0.2, 0.25) is 5.91 Å². The van der Waals surface area contributed by atoms with E-state index in [1.807, 2.05) is 30.1 Å². The Bertz CT molecular complexity index is 561. The molecule has 0 unspecified atom stereocenters. The lowest BCUT2D eigenvalue weighted by Crippen LogP contribution is -2.39. The van der Waals surface area contributed by atoms with Gasteiger partial charge in [0.25, 0.3) is 0 Å². The summed E-state index contributed by atoms with van der Waals surface area (Å²) in [7, 11) is 1.93. The van der Waals surface area contributed by atoms with Crippen molar-refractivity contribution in [2.75, 3.05) is 39.9 Å². The van der Waals surface area contributed by atoms with E-state index in [9.17, 15) is 4.79 Å². The highest BCUT2D eigenvalue weighted by molar-refractivity contribution is 5.78. The molecule has 5 heteroatoms. The maximum atomic E-state index is 12.3. The summed E-state index contributed by atoms with van der Waals surface area (Å²) < 4.78 is 11.1. The Labute approximate surface area is 137 Å². The summed E-state index contributed by atoms with van der Waals surface area (Å²) in [5, 5.41) is 0. The van der Waals surface area contributed by atoms with Crippen LogP contribution < -0.4 is 9.47 Å². The maximum absolute atomic E-state index is 12.3. The monoisotopic (exact) mass is 316 g/mol. The lowest BCUT2D eigenvalue weighted by Gasteiger charge is -2.24. The van der Waals surface area contributed by atoms with E-state index in [-0.39, 0.29) is 5.91 Å². The van der Waals surface area contributed by atoms with Crippen molar-refractivity contribution in [3.63, 3.8) is 0 Å². The summed E-state index contributed by atoms with van der Waals surface area (Å²) in [5.74, 6) is 1.61. The molecule has 0 saturated carbocycles. The van der Waals surface area contributed by atoms with Crippen molar-refractivity contribution in [1.82, 2.24) is 9.80 Å². The molecule has 5 nitrogen and oxygen atoms in total. The van der Waals surface area contributed by atoms with Crippen LogP contribution >= 0.6 is 0 Å². The number of benzene rings is 1. The average molecular weight is 316 g/mol. The molecule has 0 radical (unpaired) electrons. The van der Waals surface area contributed by atoms with Crippen LogP contribution in [0.5, 0.6) is 11.5 Å². The fourth-order valence-electron chi connectivity index (χ4n) is 2.47. The molecule has 1 aliphatic heterocycles. The number of fused-ring (bicyclic) bond motifs is 1. The third kappa shape index (κ3) is 4.86. The Balaban J connectivity index is 1.93. The number of hydrogen-bond donors (Lipinski definition) is 0. The van der Waals surface area contributed by atoms with Gasteiger partial charge in [0, 0.05) is 19.6 Å². The minimum Gasteiger partial charge on any atom is -0.486 e. The van der Waals surface area contributed by atoms with E-state index < -0.39 is 0 Å². The number of ether oxygens (including phenoxy) is 2. The molecule has 0 fully saturated rings. The number of amides is 1. The first kappa shape index (κ1) is 17.1. The molecular weight excluding hydrogens is 292 g/mol. The molecule has 0 aliphatic carbocycles. The molecule has 2 rings (SSSR count). The fourth-order valence-corrected chi connectivity index (χ4v) is 2.47. The van der Waals surface area contributed by atoms with Crippen LogP contribution in [0.15, 0.2) is 43.5 Å². The summed E-state index contributed by atoms with van der Waals surface area (Å²) in [6, 6.07) is 5.89. The van der Waals surface area contributed by atoms with Gasteiger partial charge in [-0.3, -0.25) is 9.69 Å². The highest BCUT2D eigenvalue weighted by atomic mass is 16.6. The first-order chi connectivity index (χ1) is 11.1. The average Bonchev–Trinajstić information content (AvgIpc) is 2.54. The van der Waals surface area contributed by atoms with Gasteiger partial charge >= 0.3 is 0 Å². The molecule has 0 aromatic heterocycles. The predicted molar refractivity (Wildman–Crippen MR) is 90.7 cm³/mol. The Hall–Kier alpha value is -2.27. The lowest BCUT2D eigenvalue weighted by atomic mass is 10.2. The molecule has 0 N–H and O–H groups in total. The molecule has 0 atom stereocenters. The number of nitrogens with zero attached hydrogens (tertiary/aromatic N) is 2. The zero-order valence-electron chi connectivity index (χ0n) is 13.7. The van der Waals surface area contributed by atoms with E-state index in [1.165, 1.54) is 0 Å². The Morgan fingerprint density at radius 1 is 1.17 bits per heavy atom. The maximum Gasteiger partial charge on any atom is 0.237 e. The molecule has 1 amide bonds. The van der Waals surface area contributed by atoms with Crippen LogP contribution in [0.2, 0.25) is 0 Å². The molecule has 1 heterocycles. The highest BCUT2D eigenvalue weighted by Gasteiger charge is 2.15. The normalized spacial score (nSPS) is 12.8. The van der Waals surface area contributed by atoms with Crippen LogP contribution in [0, 0.1) is 0 Å². The number of likely N-dealkylation sites (N-methyl/N-ethyl adjacent to an activating group) is 1. The number of carbonyl (C=O) groups is 1. The Kier molecular flexibility index (Phi) is 6.23. The second-order valence-electron chi connectivity index (χ2n) is 5.53. The van der Waals surface area contributed by atoms with Crippen molar-refractivity contribution in [3.8, 4) is 11.5 Å². The molecule has 1 aromatic rings. The van der Waals surface area contributed by atoms with Gasteiger partial charge in [-0.25, -0.2) is 0 Å². The van der Waals surface area contributed by atoms with Crippen molar-refractivity contribution in [2.45, 2.75) is 6.54 Å². The Morgan fingerprint density at radius 3 is 2.48 bits per heavy atom. The standard InChI is InChI=1S/C18H24N2O3/c1-4-8-20(9-5-2)18(21)14-19(3)13-15-6-7-16-17(12-15)23-11-10-22-16/h4-7,12H,1-2,8-11,13-14H2,3H3. The largest absolute Gasteiger partial charge is 0.486 e. The van der Waals surface area contributed by atoms with Crippen LogP contribution in [0.1, 0.15) is 5.56 Å². The number of hydrogen-bond acceptors (Lipinski definition) is 4. The van der Waals surface area contributed by atoms with Gasteiger partial charge in [-0.2, -0.15) is 0 Å². The summed E-state index contributed by atoms with van der Waals surface area (Å²) in [4.78, 5) is 16.0. The molecule has 0 saturated heterocycles. The van der Waals surface area contributed by atoms with E-state index in [1.54, 1.807) is 17.1 Å². The summed E-state index contributed by atoms with van der Waals surface area (Å²) in [5.41, 5.74) is 1.09. The minimum absolute atomic E-state index is 0.0600. The van der Waals surface area contributed by atoms with Crippen molar-refractivity contribution >= 4 is 5.91 Å². The summed E-state index contributed by atoms with van der Waals surface area (Å²) in [6.07, 6.45) is 3.45. The van der Waals surface area contributed by atoms with Crippen LogP contribution in [0.3, 0.4) is 0 Å². The van der Waals surface area contributed by atoms with Crippen LogP contribution in [0.25, 0.3) is 0 Å². The van der Waals surface area contributed by atoms with Gasteiger partial charge in [0.15, 0.2) is 11.5 Å². The van der Waals surface area contributed by atoms with Crippen molar-refractivity contribution < 1.29 is 14.3 Å².